The Kier molecular flexibility index (Phi) is 28.3. The first-order valence-corrected chi connectivity index (χ1v) is 17.6. The van der Waals surface area contributed by atoms with E-state index in [9.17, 15) is 8.42 Å². The molecule has 0 aromatic carbocycles. The third-order valence-electron chi connectivity index (χ3n) is 7.49. The SMILES string of the molecule is CCCCCCCCC/C=C/C(CCCCCCCCCCCCCCCCCCC)COS(=O)(=O)O. The Morgan fingerprint density at radius 1 is 0.568 bits per heavy atom. The van der Waals surface area contributed by atoms with Crippen molar-refractivity contribution in [3.63, 3.8) is 0 Å². The molecule has 0 heterocycles. The van der Waals surface area contributed by atoms with Crippen molar-refractivity contribution in [1.29, 1.82) is 0 Å². The summed E-state index contributed by atoms with van der Waals surface area (Å²) >= 11 is 0. The molecule has 4 nitrogen and oxygen atoms in total. The molecule has 1 atom stereocenters. The fourth-order valence-corrected chi connectivity index (χ4v) is 5.39. The average molecular weight is 545 g/mol. The first-order chi connectivity index (χ1) is 18.0. The van der Waals surface area contributed by atoms with E-state index in [4.69, 9.17) is 4.55 Å². The van der Waals surface area contributed by atoms with E-state index >= 15 is 0 Å². The van der Waals surface area contributed by atoms with Crippen LogP contribution in [0.15, 0.2) is 12.2 Å². The molecule has 222 valence electrons. The van der Waals surface area contributed by atoms with Crippen LogP contribution in [0.4, 0.5) is 0 Å². The van der Waals surface area contributed by atoms with Crippen LogP contribution in [0.1, 0.15) is 181 Å². The number of allylic oxidation sites excluding steroid dienone is 1. The summed E-state index contributed by atoms with van der Waals surface area (Å²) in [4.78, 5) is 0. The summed E-state index contributed by atoms with van der Waals surface area (Å²) in [5.41, 5.74) is 0. The molecule has 0 aliphatic rings. The molecule has 1 N–H and O–H groups in total. The van der Waals surface area contributed by atoms with Gasteiger partial charge in [-0.1, -0.05) is 174 Å². The smallest absolute Gasteiger partial charge is 0.264 e. The number of hydrogen-bond donors (Lipinski definition) is 1. The summed E-state index contributed by atoms with van der Waals surface area (Å²) in [5, 5.41) is 0. The van der Waals surface area contributed by atoms with Crippen molar-refractivity contribution >= 4 is 10.4 Å². The maximum atomic E-state index is 11.0. The van der Waals surface area contributed by atoms with E-state index < -0.39 is 10.4 Å². The van der Waals surface area contributed by atoms with Gasteiger partial charge in [0.05, 0.1) is 6.61 Å². The van der Waals surface area contributed by atoms with Crippen LogP contribution >= 0.6 is 0 Å². The van der Waals surface area contributed by atoms with Gasteiger partial charge in [0.1, 0.15) is 0 Å². The first kappa shape index (κ1) is 36.6. The molecule has 0 fully saturated rings. The van der Waals surface area contributed by atoms with Crippen LogP contribution in [0.2, 0.25) is 0 Å². The van der Waals surface area contributed by atoms with E-state index in [0.29, 0.717) is 0 Å². The zero-order chi connectivity index (χ0) is 27.3. The average Bonchev–Trinajstić information content (AvgIpc) is 2.87. The Bertz CT molecular complexity index is 573. The molecule has 5 heteroatoms. The lowest BCUT2D eigenvalue weighted by atomic mass is 9.99. The van der Waals surface area contributed by atoms with Crippen molar-refractivity contribution < 1.29 is 17.2 Å². The molecule has 0 bridgehead atoms. The molecule has 0 amide bonds. The molecular formula is C32H64O4S. The minimum absolute atomic E-state index is 0.0468. The second kappa shape index (κ2) is 28.6. The highest BCUT2D eigenvalue weighted by Crippen LogP contribution is 2.18. The summed E-state index contributed by atoms with van der Waals surface area (Å²) in [7, 11) is -4.37. The third-order valence-corrected chi connectivity index (χ3v) is 7.93. The minimum Gasteiger partial charge on any atom is -0.264 e. The lowest BCUT2D eigenvalue weighted by molar-refractivity contribution is 0.234. The first-order valence-electron chi connectivity index (χ1n) is 16.3. The highest BCUT2D eigenvalue weighted by Gasteiger charge is 2.11. The molecule has 0 saturated heterocycles. The largest absolute Gasteiger partial charge is 0.397 e. The molecule has 0 rings (SSSR count). The van der Waals surface area contributed by atoms with Gasteiger partial charge in [-0.15, -0.1) is 0 Å². The Labute approximate surface area is 232 Å². The van der Waals surface area contributed by atoms with E-state index in [1.54, 1.807) is 0 Å². The van der Waals surface area contributed by atoms with Crippen LogP contribution in [0.3, 0.4) is 0 Å². The van der Waals surface area contributed by atoms with Gasteiger partial charge in [0.15, 0.2) is 0 Å². The van der Waals surface area contributed by atoms with Crippen molar-refractivity contribution in [2.24, 2.45) is 5.92 Å². The Hall–Kier alpha value is -0.390. The second-order valence-corrected chi connectivity index (χ2v) is 12.3. The predicted molar refractivity (Wildman–Crippen MR) is 162 cm³/mol. The lowest BCUT2D eigenvalue weighted by Gasteiger charge is -2.12. The summed E-state index contributed by atoms with van der Waals surface area (Å²) in [6.07, 6.45) is 38.4. The summed E-state index contributed by atoms with van der Waals surface area (Å²) in [6, 6.07) is 0. The van der Waals surface area contributed by atoms with Gasteiger partial charge in [-0.25, -0.2) is 4.18 Å². The normalized spacial score (nSPS) is 13.1. The van der Waals surface area contributed by atoms with Crippen molar-refractivity contribution in [3.8, 4) is 0 Å². The van der Waals surface area contributed by atoms with Gasteiger partial charge in [-0.3, -0.25) is 4.55 Å². The van der Waals surface area contributed by atoms with E-state index in [1.807, 2.05) is 0 Å². The maximum absolute atomic E-state index is 11.0. The van der Waals surface area contributed by atoms with E-state index in [1.165, 1.54) is 148 Å². The Morgan fingerprint density at radius 3 is 1.30 bits per heavy atom. The monoisotopic (exact) mass is 544 g/mol. The number of rotatable bonds is 30. The zero-order valence-corrected chi connectivity index (χ0v) is 25.7. The van der Waals surface area contributed by atoms with Crippen molar-refractivity contribution in [2.75, 3.05) is 6.61 Å². The molecule has 0 radical (unpaired) electrons. The third kappa shape index (κ3) is 31.7. The number of hydrogen-bond acceptors (Lipinski definition) is 3. The van der Waals surface area contributed by atoms with Crippen molar-refractivity contribution in [3.05, 3.63) is 12.2 Å². The van der Waals surface area contributed by atoms with Crippen molar-refractivity contribution in [2.45, 2.75) is 181 Å². The molecule has 0 aromatic heterocycles. The molecule has 0 aromatic rings. The van der Waals surface area contributed by atoms with E-state index in [-0.39, 0.29) is 12.5 Å². The van der Waals surface area contributed by atoms with Crippen LogP contribution in [0.5, 0.6) is 0 Å². The lowest BCUT2D eigenvalue weighted by Crippen LogP contribution is -2.12. The molecule has 0 spiro atoms. The minimum atomic E-state index is -4.37. The summed E-state index contributed by atoms with van der Waals surface area (Å²) < 4.78 is 35.6. The van der Waals surface area contributed by atoms with Gasteiger partial charge in [-0.2, -0.15) is 8.42 Å². The van der Waals surface area contributed by atoms with Gasteiger partial charge < -0.3 is 0 Å². The molecule has 0 saturated carbocycles. The van der Waals surface area contributed by atoms with Crippen LogP contribution in [-0.4, -0.2) is 19.6 Å². The van der Waals surface area contributed by atoms with Gasteiger partial charge >= 0.3 is 10.4 Å². The molecule has 1 unspecified atom stereocenters. The second-order valence-electron chi connectivity index (χ2n) is 11.3. The fourth-order valence-electron chi connectivity index (χ4n) is 5.05. The molecule has 0 aliphatic carbocycles. The van der Waals surface area contributed by atoms with Gasteiger partial charge in [0.2, 0.25) is 0 Å². The number of unbranched alkanes of at least 4 members (excludes halogenated alkanes) is 23. The Morgan fingerprint density at radius 2 is 0.919 bits per heavy atom. The quantitative estimate of drug-likeness (QED) is 0.0555. The highest BCUT2D eigenvalue weighted by atomic mass is 32.3. The zero-order valence-electron chi connectivity index (χ0n) is 24.9. The summed E-state index contributed by atoms with van der Waals surface area (Å²) in [6.45, 7) is 4.57. The molecular weight excluding hydrogens is 480 g/mol. The van der Waals surface area contributed by atoms with Crippen LogP contribution in [0, 0.1) is 5.92 Å². The van der Waals surface area contributed by atoms with Gasteiger partial charge in [0, 0.05) is 5.92 Å². The van der Waals surface area contributed by atoms with Gasteiger partial charge in [0.25, 0.3) is 0 Å². The van der Waals surface area contributed by atoms with Crippen LogP contribution in [0.25, 0.3) is 0 Å². The van der Waals surface area contributed by atoms with Crippen LogP contribution in [-0.2, 0) is 14.6 Å². The standard InChI is InChI=1S/C32H64O4S/c1-3-5-7-9-11-13-14-15-16-17-18-19-20-22-24-26-28-30-32(31-36-37(33,34)35)29-27-25-23-21-12-10-8-6-4-2/h27,29,32H,3-26,28,30-31H2,1-2H3,(H,33,34,35)/b29-27+. The highest BCUT2D eigenvalue weighted by molar-refractivity contribution is 7.80. The van der Waals surface area contributed by atoms with E-state index in [2.05, 4.69) is 30.2 Å². The van der Waals surface area contributed by atoms with Crippen molar-refractivity contribution in [1.82, 2.24) is 0 Å². The topological polar surface area (TPSA) is 63.6 Å². The summed E-state index contributed by atoms with van der Waals surface area (Å²) in [5.74, 6) is 0.0582. The maximum Gasteiger partial charge on any atom is 0.397 e. The Balaban J connectivity index is 3.72. The van der Waals surface area contributed by atoms with Gasteiger partial charge in [-0.05, 0) is 19.3 Å². The van der Waals surface area contributed by atoms with E-state index in [0.717, 1.165) is 19.3 Å². The fraction of sp³-hybridized carbons (Fsp3) is 0.938. The molecule has 0 aliphatic heterocycles. The van der Waals surface area contributed by atoms with Crippen LogP contribution < -0.4 is 0 Å². The predicted octanol–water partition coefficient (Wildman–Crippen LogP) is 11.2. The molecule has 37 heavy (non-hydrogen) atoms.